The SMILES string of the molecule is CC(C)CN1CCNc2cc(O)ccc21. The molecule has 0 aliphatic carbocycles. The highest BCUT2D eigenvalue weighted by Gasteiger charge is 2.17. The molecule has 0 radical (unpaired) electrons. The summed E-state index contributed by atoms with van der Waals surface area (Å²) in [6.07, 6.45) is 0. The number of anilines is 2. The van der Waals surface area contributed by atoms with Crippen molar-refractivity contribution in [2.45, 2.75) is 13.8 Å². The Balaban J connectivity index is 2.26. The second kappa shape index (κ2) is 4.01. The van der Waals surface area contributed by atoms with Crippen LogP contribution in [0.15, 0.2) is 18.2 Å². The average molecular weight is 206 g/mol. The highest BCUT2D eigenvalue weighted by Crippen LogP contribution is 2.32. The summed E-state index contributed by atoms with van der Waals surface area (Å²) in [5.41, 5.74) is 2.25. The first-order chi connectivity index (χ1) is 7.16. The van der Waals surface area contributed by atoms with Gasteiger partial charge in [-0.3, -0.25) is 0 Å². The van der Waals surface area contributed by atoms with Crippen LogP contribution in [0.25, 0.3) is 0 Å². The van der Waals surface area contributed by atoms with E-state index in [2.05, 4.69) is 24.1 Å². The third kappa shape index (κ3) is 2.17. The molecule has 0 saturated carbocycles. The van der Waals surface area contributed by atoms with E-state index in [1.165, 1.54) is 5.69 Å². The molecule has 15 heavy (non-hydrogen) atoms. The van der Waals surface area contributed by atoms with E-state index in [9.17, 15) is 5.11 Å². The molecule has 1 aliphatic heterocycles. The molecule has 1 aromatic carbocycles. The number of benzene rings is 1. The number of hydrogen-bond donors (Lipinski definition) is 2. The second-order valence-corrected chi connectivity index (χ2v) is 4.47. The zero-order valence-corrected chi connectivity index (χ0v) is 9.33. The maximum Gasteiger partial charge on any atom is 0.117 e. The zero-order chi connectivity index (χ0) is 10.8. The second-order valence-electron chi connectivity index (χ2n) is 4.47. The molecule has 0 amide bonds. The van der Waals surface area contributed by atoms with Crippen molar-refractivity contribution >= 4 is 11.4 Å². The van der Waals surface area contributed by atoms with Gasteiger partial charge in [-0.05, 0) is 18.1 Å². The van der Waals surface area contributed by atoms with E-state index in [0.717, 1.165) is 25.3 Å². The largest absolute Gasteiger partial charge is 0.508 e. The van der Waals surface area contributed by atoms with Crippen molar-refractivity contribution in [3.05, 3.63) is 18.2 Å². The lowest BCUT2D eigenvalue weighted by Crippen LogP contribution is -2.36. The zero-order valence-electron chi connectivity index (χ0n) is 9.33. The number of aromatic hydroxyl groups is 1. The molecule has 0 saturated heterocycles. The van der Waals surface area contributed by atoms with Crippen molar-refractivity contribution in [2.24, 2.45) is 5.92 Å². The Morgan fingerprint density at radius 3 is 3.00 bits per heavy atom. The van der Waals surface area contributed by atoms with Gasteiger partial charge in [0.25, 0.3) is 0 Å². The lowest BCUT2D eigenvalue weighted by atomic mass is 10.1. The van der Waals surface area contributed by atoms with Crippen LogP contribution < -0.4 is 10.2 Å². The molecule has 0 aromatic heterocycles. The Morgan fingerprint density at radius 2 is 2.27 bits per heavy atom. The molecular weight excluding hydrogens is 188 g/mol. The van der Waals surface area contributed by atoms with Gasteiger partial charge in [-0.2, -0.15) is 0 Å². The van der Waals surface area contributed by atoms with Gasteiger partial charge in [0.2, 0.25) is 0 Å². The minimum atomic E-state index is 0.327. The predicted octanol–water partition coefficient (Wildman–Crippen LogP) is 2.28. The standard InChI is InChI=1S/C12H18N2O/c1-9(2)8-14-6-5-13-11-7-10(15)3-4-12(11)14/h3-4,7,9,13,15H,5-6,8H2,1-2H3. The number of nitrogens with one attached hydrogen (secondary N) is 1. The summed E-state index contributed by atoms with van der Waals surface area (Å²) in [6, 6.07) is 5.53. The quantitative estimate of drug-likeness (QED) is 0.779. The summed E-state index contributed by atoms with van der Waals surface area (Å²) in [6.45, 7) is 7.50. The van der Waals surface area contributed by atoms with E-state index in [1.807, 2.05) is 6.07 Å². The number of phenols is 1. The number of hydrogen-bond acceptors (Lipinski definition) is 3. The van der Waals surface area contributed by atoms with Gasteiger partial charge < -0.3 is 15.3 Å². The first kappa shape index (κ1) is 10.1. The molecule has 0 fully saturated rings. The molecule has 3 nitrogen and oxygen atoms in total. The van der Waals surface area contributed by atoms with Gasteiger partial charge in [0.05, 0.1) is 11.4 Å². The van der Waals surface area contributed by atoms with Gasteiger partial charge in [0, 0.05) is 25.7 Å². The van der Waals surface area contributed by atoms with Gasteiger partial charge in [-0.1, -0.05) is 13.8 Å². The Bertz CT molecular complexity index is 349. The molecular formula is C12H18N2O. The van der Waals surface area contributed by atoms with E-state index in [1.54, 1.807) is 12.1 Å². The minimum absolute atomic E-state index is 0.327. The molecule has 3 heteroatoms. The summed E-state index contributed by atoms with van der Waals surface area (Å²) < 4.78 is 0. The highest BCUT2D eigenvalue weighted by atomic mass is 16.3. The molecule has 0 spiro atoms. The predicted molar refractivity (Wildman–Crippen MR) is 63.6 cm³/mol. The molecule has 0 atom stereocenters. The summed E-state index contributed by atoms with van der Waals surface area (Å²) in [5, 5.41) is 12.7. The first-order valence-electron chi connectivity index (χ1n) is 5.48. The van der Waals surface area contributed by atoms with Crippen molar-refractivity contribution in [1.82, 2.24) is 0 Å². The van der Waals surface area contributed by atoms with Crippen LogP contribution in [0.4, 0.5) is 11.4 Å². The molecule has 2 N–H and O–H groups in total. The van der Waals surface area contributed by atoms with E-state index in [-0.39, 0.29) is 0 Å². The van der Waals surface area contributed by atoms with Crippen molar-refractivity contribution in [3.8, 4) is 5.75 Å². The van der Waals surface area contributed by atoms with Crippen LogP contribution >= 0.6 is 0 Å². The van der Waals surface area contributed by atoms with Crippen LogP contribution in [0.1, 0.15) is 13.8 Å². The van der Waals surface area contributed by atoms with Crippen LogP contribution in [0.5, 0.6) is 5.75 Å². The van der Waals surface area contributed by atoms with Gasteiger partial charge in [0.15, 0.2) is 0 Å². The maximum atomic E-state index is 9.40. The summed E-state index contributed by atoms with van der Waals surface area (Å²) in [7, 11) is 0. The van der Waals surface area contributed by atoms with Crippen LogP contribution in [-0.2, 0) is 0 Å². The molecule has 1 aromatic rings. The Kier molecular flexibility index (Phi) is 2.71. The van der Waals surface area contributed by atoms with Crippen molar-refractivity contribution in [1.29, 1.82) is 0 Å². The Morgan fingerprint density at radius 1 is 1.47 bits per heavy atom. The molecule has 0 unspecified atom stereocenters. The lowest BCUT2D eigenvalue weighted by Gasteiger charge is -2.33. The van der Waals surface area contributed by atoms with Crippen LogP contribution in [-0.4, -0.2) is 24.7 Å². The number of rotatable bonds is 2. The van der Waals surface area contributed by atoms with Crippen molar-refractivity contribution < 1.29 is 5.11 Å². The van der Waals surface area contributed by atoms with Crippen molar-refractivity contribution in [3.63, 3.8) is 0 Å². The molecule has 1 aliphatic rings. The molecule has 1 heterocycles. The van der Waals surface area contributed by atoms with Gasteiger partial charge in [-0.25, -0.2) is 0 Å². The smallest absolute Gasteiger partial charge is 0.117 e. The fraction of sp³-hybridized carbons (Fsp3) is 0.500. The third-order valence-electron chi connectivity index (χ3n) is 2.60. The number of nitrogens with zero attached hydrogens (tertiary/aromatic N) is 1. The topological polar surface area (TPSA) is 35.5 Å². The third-order valence-corrected chi connectivity index (χ3v) is 2.60. The maximum absolute atomic E-state index is 9.40. The molecule has 2 rings (SSSR count). The van der Waals surface area contributed by atoms with Crippen LogP contribution in [0.2, 0.25) is 0 Å². The van der Waals surface area contributed by atoms with E-state index in [0.29, 0.717) is 11.7 Å². The Hall–Kier alpha value is -1.38. The Labute approximate surface area is 90.7 Å². The summed E-state index contributed by atoms with van der Waals surface area (Å²) in [4.78, 5) is 2.37. The summed E-state index contributed by atoms with van der Waals surface area (Å²) in [5.74, 6) is 0.984. The molecule has 82 valence electrons. The average Bonchev–Trinajstić information content (AvgIpc) is 2.16. The van der Waals surface area contributed by atoms with E-state index in [4.69, 9.17) is 0 Å². The van der Waals surface area contributed by atoms with E-state index >= 15 is 0 Å². The summed E-state index contributed by atoms with van der Waals surface area (Å²) >= 11 is 0. The number of fused-ring (bicyclic) bond motifs is 1. The van der Waals surface area contributed by atoms with Crippen molar-refractivity contribution in [2.75, 3.05) is 29.9 Å². The fourth-order valence-corrected chi connectivity index (χ4v) is 2.02. The van der Waals surface area contributed by atoms with Crippen LogP contribution in [0, 0.1) is 5.92 Å². The van der Waals surface area contributed by atoms with Gasteiger partial charge in [-0.15, -0.1) is 0 Å². The van der Waals surface area contributed by atoms with Crippen LogP contribution in [0.3, 0.4) is 0 Å². The normalized spacial score (nSPS) is 15.0. The fourth-order valence-electron chi connectivity index (χ4n) is 2.02. The van der Waals surface area contributed by atoms with Gasteiger partial charge in [0.1, 0.15) is 5.75 Å². The van der Waals surface area contributed by atoms with Gasteiger partial charge >= 0.3 is 0 Å². The van der Waals surface area contributed by atoms with E-state index < -0.39 is 0 Å². The molecule has 0 bridgehead atoms. The lowest BCUT2D eigenvalue weighted by molar-refractivity contribution is 0.475. The minimum Gasteiger partial charge on any atom is -0.508 e. The highest BCUT2D eigenvalue weighted by molar-refractivity contribution is 5.73. The monoisotopic (exact) mass is 206 g/mol. The number of phenolic OH excluding ortho intramolecular Hbond substituents is 1. The first-order valence-corrected chi connectivity index (χ1v) is 5.48.